The third-order valence-corrected chi connectivity index (χ3v) is 5.26. The molecule has 1 aromatic heterocycles. The zero-order chi connectivity index (χ0) is 20.8. The molecule has 1 atom stereocenters. The van der Waals surface area contributed by atoms with Gasteiger partial charge in [-0.15, -0.1) is 0 Å². The summed E-state index contributed by atoms with van der Waals surface area (Å²) in [7, 11) is 0. The maximum Gasteiger partial charge on any atom is 0.306 e. The van der Waals surface area contributed by atoms with Crippen molar-refractivity contribution in [1.82, 2.24) is 4.57 Å². The number of hydrogen-bond donors (Lipinski definition) is 0. The minimum atomic E-state index is -0.354. The first-order valence-electron chi connectivity index (χ1n) is 9.90. The molecule has 0 aliphatic carbocycles. The van der Waals surface area contributed by atoms with Crippen LogP contribution in [0.15, 0.2) is 66.7 Å². The Morgan fingerprint density at radius 1 is 0.966 bits per heavy atom. The van der Waals surface area contributed by atoms with Gasteiger partial charge in [0.25, 0.3) is 0 Å². The quantitative estimate of drug-likeness (QED) is 0.399. The van der Waals surface area contributed by atoms with E-state index in [9.17, 15) is 9.59 Å². The summed E-state index contributed by atoms with van der Waals surface area (Å²) in [5.74, 6) is -0.472. The molecule has 0 amide bonds. The molecule has 0 aliphatic rings. The van der Waals surface area contributed by atoms with Crippen LogP contribution in [0.25, 0.3) is 0 Å². The molecule has 3 rings (SSSR count). The van der Waals surface area contributed by atoms with Crippen LogP contribution in [-0.4, -0.2) is 22.9 Å². The van der Waals surface area contributed by atoms with Crippen molar-refractivity contribution in [1.29, 1.82) is 0 Å². The molecule has 0 saturated carbocycles. The molecule has 2 aromatic carbocycles. The van der Waals surface area contributed by atoms with Crippen LogP contribution in [0.2, 0.25) is 0 Å². The largest absolute Gasteiger partial charge is 0.457 e. The summed E-state index contributed by atoms with van der Waals surface area (Å²) < 4.78 is 7.39. The second kappa shape index (κ2) is 9.37. The zero-order valence-electron chi connectivity index (χ0n) is 17.2. The number of ketones is 1. The average Bonchev–Trinajstić information content (AvgIpc) is 3.01. The molecular formula is C25H27NO3. The van der Waals surface area contributed by atoms with Gasteiger partial charge in [0.1, 0.15) is 0 Å². The number of rotatable bonds is 8. The van der Waals surface area contributed by atoms with E-state index in [-0.39, 0.29) is 30.7 Å². The van der Waals surface area contributed by atoms with Crippen molar-refractivity contribution < 1.29 is 14.3 Å². The van der Waals surface area contributed by atoms with Crippen LogP contribution in [0, 0.1) is 13.8 Å². The van der Waals surface area contributed by atoms with Gasteiger partial charge in [0, 0.05) is 23.5 Å². The third-order valence-electron chi connectivity index (χ3n) is 5.26. The van der Waals surface area contributed by atoms with Gasteiger partial charge in [-0.25, -0.2) is 0 Å². The highest BCUT2D eigenvalue weighted by molar-refractivity contribution is 5.99. The molecule has 0 unspecified atom stereocenters. The standard InChI is InChI=1S/C25H27NO3/c1-18(22-12-8-5-9-13-22)14-25(28)29-17-24(27)23-15-19(2)26(20(23)3)16-21-10-6-4-7-11-21/h4-13,15,18H,14,16-17H2,1-3H3/t18-/m0/s1. The predicted molar refractivity (Wildman–Crippen MR) is 114 cm³/mol. The van der Waals surface area contributed by atoms with Gasteiger partial charge in [0.15, 0.2) is 6.61 Å². The predicted octanol–water partition coefficient (Wildman–Crippen LogP) is 5.07. The molecule has 4 nitrogen and oxygen atoms in total. The van der Waals surface area contributed by atoms with E-state index in [0.717, 1.165) is 17.0 Å². The minimum Gasteiger partial charge on any atom is -0.457 e. The summed E-state index contributed by atoms with van der Waals surface area (Å²) in [4.78, 5) is 24.8. The number of nitrogens with zero attached hydrogens (tertiary/aromatic N) is 1. The SMILES string of the molecule is Cc1cc(C(=O)COC(=O)C[C@H](C)c2ccccc2)c(C)n1Cc1ccccc1. The van der Waals surface area contributed by atoms with E-state index in [1.54, 1.807) is 0 Å². The van der Waals surface area contributed by atoms with Crippen LogP contribution in [0.3, 0.4) is 0 Å². The van der Waals surface area contributed by atoms with E-state index in [4.69, 9.17) is 4.74 Å². The third kappa shape index (κ3) is 5.23. The maximum absolute atomic E-state index is 12.7. The number of benzene rings is 2. The van der Waals surface area contributed by atoms with Crippen molar-refractivity contribution in [3.63, 3.8) is 0 Å². The monoisotopic (exact) mass is 389 g/mol. The number of carbonyl (C=O) groups excluding carboxylic acids is 2. The van der Waals surface area contributed by atoms with E-state index in [1.165, 1.54) is 5.56 Å². The second-order valence-electron chi connectivity index (χ2n) is 7.46. The van der Waals surface area contributed by atoms with E-state index >= 15 is 0 Å². The second-order valence-corrected chi connectivity index (χ2v) is 7.46. The van der Waals surface area contributed by atoms with Gasteiger partial charge in [0.2, 0.25) is 5.78 Å². The average molecular weight is 389 g/mol. The first kappa shape index (κ1) is 20.6. The summed E-state index contributed by atoms with van der Waals surface area (Å²) in [5.41, 5.74) is 4.78. The molecule has 4 heteroatoms. The Morgan fingerprint density at radius 3 is 2.24 bits per heavy atom. The lowest BCUT2D eigenvalue weighted by Crippen LogP contribution is -2.16. The number of Topliss-reactive ketones (excluding diaryl/α,β-unsaturated/α-hetero) is 1. The number of aryl methyl sites for hydroxylation is 1. The van der Waals surface area contributed by atoms with Crippen LogP contribution in [0.1, 0.15) is 52.1 Å². The van der Waals surface area contributed by atoms with Crippen LogP contribution in [0.4, 0.5) is 0 Å². The molecule has 0 spiro atoms. The van der Waals surface area contributed by atoms with Crippen molar-refractivity contribution >= 4 is 11.8 Å². The van der Waals surface area contributed by atoms with Gasteiger partial charge < -0.3 is 9.30 Å². The van der Waals surface area contributed by atoms with E-state index < -0.39 is 0 Å². The topological polar surface area (TPSA) is 48.3 Å². The molecule has 0 fully saturated rings. The molecule has 150 valence electrons. The van der Waals surface area contributed by atoms with Crippen molar-refractivity contribution in [2.24, 2.45) is 0 Å². The van der Waals surface area contributed by atoms with Crippen molar-refractivity contribution in [2.45, 2.75) is 39.7 Å². The number of carbonyl (C=O) groups is 2. The summed E-state index contributed by atoms with van der Waals surface area (Å²) in [6, 6.07) is 21.8. The number of ether oxygens (including phenoxy) is 1. The summed E-state index contributed by atoms with van der Waals surface area (Å²) >= 11 is 0. The summed E-state index contributed by atoms with van der Waals surface area (Å²) in [5, 5.41) is 0. The van der Waals surface area contributed by atoms with Crippen LogP contribution < -0.4 is 0 Å². The lowest BCUT2D eigenvalue weighted by Gasteiger charge is -2.12. The Morgan fingerprint density at radius 2 is 1.59 bits per heavy atom. The van der Waals surface area contributed by atoms with Crippen molar-refractivity contribution in [3.05, 3.63) is 94.8 Å². The van der Waals surface area contributed by atoms with E-state index in [1.807, 2.05) is 75.4 Å². The fourth-order valence-electron chi connectivity index (χ4n) is 3.52. The first-order chi connectivity index (χ1) is 14.0. The number of hydrogen-bond acceptors (Lipinski definition) is 3. The molecule has 0 bridgehead atoms. The lowest BCUT2D eigenvalue weighted by atomic mass is 9.98. The molecule has 0 radical (unpaired) electrons. The molecule has 0 N–H and O–H groups in total. The fraction of sp³-hybridized carbons (Fsp3) is 0.280. The Hall–Kier alpha value is -3.14. The Balaban J connectivity index is 1.59. The number of esters is 1. The molecule has 29 heavy (non-hydrogen) atoms. The zero-order valence-corrected chi connectivity index (χ0v) is 17.2. The molecule has 1 heterocycles. The number of aromatic nitrogens is 1. The molecular weight excluding hydrogens is 362 g/mol. The first-order valence-corrected chi connectivity index (χ1v) is 9.90. The Bertz CT molecular complexity index is 974. The Kier molecular flexibility index (Phi) is 6.65. The molecule has 0 aliphatic heterocycles. The van der Waals surface area contributed by atoms with Gasteiger partial charge in [0.05, 0.1) is 6.42 Å². The highest BCUT2D eigenvalue weighted by atomic mass is 16.5. The van der Waals surface area contributed by atoms with Gasteiger partial charge in [-0.2, -0.15) is 0 Å². The van der Waals surface area contributed by atoms with E-state index in [0.29, 0.717) is 12.1 Å². The highest BCUT2D eigenvalue weighted by Crippen LogP contribution is 2.20. The molecule has 0 saturated heterocycles. The Labute approximate surface area is 172 Å². The smallest absolute Gasteiger partial charge is 0.306 e. The highest BCUT2D eigenvalue weighted by Gasteiger charge is 2.18. The molecule has 3 aromatic rings. The van der Waals surface area contributed by atoms with Gasteiger partial charge in [-0.05, 0) is 37.0 Å². The lowest BCUT2D eigenvalue weighted by molar-refractivity contribution is -0.142. The normalized spacial score (nSPS) is 11.8. The van der Waals surface area contributed by atoms with E-state index in [2.05, 4.69) is 16.7 Å². The van der Waals surface area contributed by atoms with Crippen LogP contribution in [0.5, 0.6) is 0 Å². The minimum absolute atomic E-state index is 0.0507. The van der Waals surface area contributed by atoms with Crippen molar-refractivity contribution in [2.75, 3.05) is 6.61 Å². The fourth-order valence-corrected chi connectivity index (χ4v) is 3.52. The van der Waals surface area contributed by atoms with Crippen LogP contribution >= 0.6 is 0 Å². The summed E-state index contributed by atoms with van der Waals surface area (Å²) in [6.07, 6.45) is 0.254. The van der Waals surface area contributed by atoms with Crippen molar-refractivity contribution in [3.8, 4) is 0 Å². The summed E-state index contributed by atoms with van der Waals surface area (Å²) in [6.45, 7) is 6.38. The maximum atomic E-state index is 12.7. The van der Waals surface area contributed by atoms with Gasteiger partial charge in [-0.1, -0.05) is 67.6 Å². The van der Waals surface area contributed by atoms with Gasteiger partial charge >= 0.3 is 5.97 Å². The van der Waals surface area contributed by atoms with Gasteiger partial charge in [-0.3, -0.25) is 9.59 Å². The van der Waals surface area contributed by atoms with Crippen LogP contribution in [-0.2, 0) is 16.1 Å².